The van der Waals surface area contributed by atoms with Gasteiger partial charge in [-0.1, -0.05) is 6.07 Å². The molecule has 0 atom stereocenters. The van der Waals surface area contributed by atoms with Gasteiger partial charge in [0.15, 0.2) is 6.61 Å². The summed E-state index contributed by atoms with van der Waals surface area (Å²) in [5, 5.41) is 6.40. The summed E-state index contributed by atoms with van der Waals surface area (Å²) in [7, 11) is 0. The van der Waals surface area contributed by atoms with Crippen LogP contribution in [-0.4, -0.2) is 34.3 Å². The van der Waals surface area contributed by atoms with E-state index in [9.17, 15) is 13.2 Å². The Kier molecular flexibility index (Phi) is 5.20. The summed E-state index contributed by atoms with van der Waals surface area (Å²) in [6.07, 6.45) is 1.09. The van der Waals surface area contributed by atoms with E-state index >= 15 is 0 Å². The van der Waals surface area contributed by atoms with E-state index in [0.717, 1.165) is 23.8 Å². The molecular weight excluding hydrogens is 335 g/mol. The minimum Gasteiger partial charge on any atom is -0.468 e. The molecule has 25 heavy (non-hydrogen) atoms. The lowest BCUT2D eigenvalue weighted by atomic mass is 10.3. The Hall–Kier alpha value is -2.58. The fourth-order valence-corrected chi connectivity index (χ4v) is 2.07. The van der Waals surface area contributed by atoms with Gasteiger partial charge in [-0.25, -0.2) is 15.0 Å². The summed E-state index contributed by atoms with van der Waals surface area (Å²) in [5.74, 6) is 2.11. The van der Waals surface area contributed by atoms with E-state index in [0.29, 0.717) is 12.4 Å². The van der Waals surface area contributed by atoms with Gasteiger partial charge in [0.25, 0.3) is 0 Å². The molecule has 0 aromatic carbocycles. The molecule has 134 valence electrons. The zero-order valence-corrected chi connectivity index (χ0v) is 13.4. The first-order valence-corrected chi connectivity index (χ1v) is 7.92. The standard InChI is InChI=1S/C16H18F3N5O/c17-16(18,19)9-25-15-4-3-12(8-22-15)7-21-14-5-13(23-10-24-14)20-6-11-1-2-11/h3-5,8,10-11H,1-2,6-7,9H2,(H2,20,21,23,24). The molecule has 1 fully saturated rings. The van der Waals surface area contributed by atoms with E-state index < -0.39 is 12.8 Å². The van der Waals surface area contributed by atoms with E-state index in [1.54, 1.807) is 6.07 Å². The van der Waals surface area contributed by atoms with Crippen LogP contribution in [0.2, 0.25) is 0 Å². The molecule has 2 aromatic rings. The molecule has 0 radical (unpaired) electrons. The molecule has 3 rings (SSSR count). The SMILES string of the molecule is FC(F)(F)COc1ccc(CNc2cc(NCC3CC3)ncn2)cn1. The Morgan fingerprint density at radius 1 is 1.08 bits per heavy atom. The van der Waals surface area contributed by atoms with Gasteiger partial charge < -0.3 is 15.4 Å². The second-order valence-corrected chi connectivity index (χ2v) is 5.87. The molecule has 0 aliphatic heterocycles. The largest absolute Gasteiger partial charge is 0.468 e. The zero-order chi connectivity index (χ0) is 17.7. The monoisotopic (exact) mass is 353 g/mol. The molecule has 0 unspecified atom stereocenters. The van der Waals surface area contributed by atoms with Crippen LogP contribution in [-0.2, 0) is 6.54 Å². The van der Waals surface area contributed by atoms with E-state index in [2.05, 4.69) is 30.3 Å². The highest BCUT2D eigenvalue weighted by molar-refractivity contribution is 5.46. The number of nitrogens with one attached hydrogen (secondary N) is 2. The lowest BCUT2D eigenvalue weighted by molar-refractivity contribution is -0.154. The number of halogens is 3. The molecule has 1 aliphatic carbocycles. The molecule has 0 amide bonds. The summed E-state index contributed by atoms with van der Waals surface area (Å²) >= 11 is 0. The molecule has 6 nitrogen and oxygen atoms in total. The average Bonchev–Trinajstić information content (AvgIpc) is 3.41. The molecule has 2 N–H and O–H groups in total. The number of hydrogen-bond acceptors (Lipinski definition) is 6. The quantitative estimate of drug-likeness (QED) is 0.759. The third-order valence-corrected chi connectivity index (χ3v) is 3.59. The van der Waals surface area contributed by atoms with Crippen molar-refractivity contribution in [3.8, 4) is 5.88 Å². The second kappa shape index (κ2) is 7.54. The van der Waals surface area contributed by atoms with Crippen LogP contribution in [0.25, 0.3) is 0 Å². The Balaban J connectivity index is 1.48. The van der Waals surface area contributed by atoms with Crippen molar-refractivity contribution in [3.05, 3.63) is 36.3 Å². The maximum atomic E-state index is 12.1. The topological polar surface area (TPSA) is 72.0 Å². The number of nitrogens with zero attached hydrogens (tertiary/aromatic N) is 3. The van der Waals surface area contributed by atoms with Crippen LogP contribution < -0.4 is 15.4 Å². The van der Waals surface area contributed by atoms with Crippen LogP contribution in [0.3, 0.4) is 0 Å². The number of alkyl halides is 3. The number of rotatable bonds is 8. The van der Waals surface area contributed by atoms with E-state index in [-0.39, 0.29) is 5.88 Å². The van der Waals surface area contributed by atoms with Crippen molar-refractivity contribution in [3.63, 3.8) is 0 Å². The summed E-state index contributed by atoms with van der Waals surface area (Å²) in [6, 6.07) is 4.88. The van der Waals surface area contributed by atoms with Crippen LogP contribution in [0.1, 0.15) is 18.4 Å². The van der Waals surface area contributed by atoms with Crippen LogP contribution in [0.15, 0.2) is 30.7 Å². The highest BCUT2D eigenvalue weighted by atomic mass is 19.4. The van der Waals surface area contributed by atoms with Crippen molar-refractivity contribution >= 4 is 11.6 Å². The molecular formula is C16H18F3N5O. The molecule has 2 heterocycles. The lowest BCUT2D eigenvalue weighted by Gasteiger charge is -2.10. The van der Waals surface area contributed by atoms with Gasteiger partial charge in [0.2, 0.25) is 5.88 Å². The van der Waals surface area contributed by atoms with Crippen molar-refractivity contribution in [1.82, 2.24) is 15.0 Å². The number of aromatic nitrogens is 3. The Labute approximate surface area is 142 Å². The van der Waals surface area contributed by atoms with Gasteiger partial charge in [-0.2, -0.15) is 13.2 Å². The van der Waals surface area contributed by atoms with Crippen molar-refractivity contribution in [1.29, 1.82) is 0 Å². The Morgan fingerprint density at radius 3 is 2.48 bits per heavy atom. The number of anilines is 2. The first-order valence-electron chi connectivity index (χ1n) is 7.92. The van der Waals surface area contributed by atoms with E-state index in [1.165, 1.54) is 31.4 Å². The van der Waals surface area contributed by atoms with Gasteiger partial charge in [-0.15, -0.1) is 0 Å². The zero-order valence-electron chi connectivity index (χ0n) is 13.4. The van der Waals surface area contributed by atoms with Crippen LogP contribution in [0.5, 0.6) is 5.88 Å². The van der Waals surface area contributed by atoms with Gasteiger partial charge in [0.05, 0.1) is 0 Å². The number of hydrogen-bond donors (Lipinski definition) is 2. The normalized spacial score (nSPS) is 14.2. The van der Waals surface area contributed by atoms with E-state index in [4.69, 9.17) is 0 Å². The summed E-state index contributed by atoms with van der Waals surface area (Å²) in [4.78, 5) is 12.2. The maximum Gasteiger partial charge on any atom is 0.422 e. The third-order valence-electron chi connectivity index (χ3n) is 3.59. The van der Waals surface area contributed by atoms with Gasteiger partial charge in [-0.3, -0.25) is 0 Å². The molecule has 1 aliphatic rings. The molecule has 2 aromatic heterocycles. The molecule has 0 saturated heterocycles. The highest BCUT2D eigenvalue weighted by Gasteiger charge is 2.28. The number of pyridine rings is 1. The lowest BCUT2D eigenvalue weighted by Crippen LogP contribution is -2.19. The average molecular weight is 353 g/mol. The molecule has 9 heteroatoms. The van der Waals surface area contributed by atoms with Gasteiger partial charge in [-0.05, 0) is 24.3 Å². The Morgan fingerprint density at radius 2 is 1.84 bits per heavy atom. The summed E-state index contributed by atoms with van der Waals surface area (Å²) in [5.41, 5.74) is 0.797. The fraction of sp³-hybridized carbons (Fsp3) is 0.438. The smallest absolute Gasteiger partial charge is 0.422 e. The summed E-state index contributed by atoms with van der Waals surface area (Å²) in [6.45, 7) is 0.000552. The van der Waals surface area contributed by atoms with Crippen LogP contribution >= 0.6 is 0 Å². The second-order valence-electron chi connectivity index (χ2n) is 5.87. The van der Waals surface area contributed by atoms with Gasteiger partial charge in [0.1, 0.15) is 18.0 Å². The highest BCUT2D eigenvalue weighted by Crippen LogP contribution is 2.28. The van der Waals surface area contributed by atoms with Crippen molar-refractivity contribution in [2.45, 2.75) is 25.6 Å². The van der Waals surface area contributed by atoms with Crippen molar-refractivity contribution < 1.29 is 17.9 Å². The first kappa shape index (κ1) is 17.2. The number of ether oxygens (including phenoxy) is 1. The summed E-state index contributed by atoms with van der Waals surface area (Å²) < 4.78 is 40.8. The third kappa shape index (κ3) is 6.09. The molecule has 0 bridgehead atoms. The Bertz CT molecular complexity index is 689. The van der Waals surface area contributed by atoms with Crippen LogP contribution in [0, 0.1) is 5.92 Å². The van der Waals surface area contributed by atoms with Crippen LogP contribution in [0.4, 0.5) is 24.8 Å². The van der Waals surface area contributed by atoms with Crippen molar-refractivity contribution in [2.75, 3.05) is 23.8 Å². The minimum absolute atomic E-state index is 0.0605. The molecule has 1 saturated carbocycles. The predicted octanol–water partition coefficient (Wildman–Crippen LogP) is 3.25. The van der Waals surface area contributed by atoms with E-state index in [1.807, 2.05) is 6.07 Å². The fourth-order valence-electron chi connectivity index (χ4n) is 2.07. The van der Waals surface area contributed by atoms with Gasteiger partial charge >= 0.3 is 6.18 Å². The van der Waals surface area contributed by atoms with Gasteiger partial charge in [0, 0.05) is 31.4 Å². The first-order chi connectivity index (χ1) is 12.0. The maximum absolute atomic E-state index is 12.1. The minimum atomic E-state index is -4.37. The predicted molar refractivity (Wildman–Crippen MR) is 86.4 cm³/mol. The van der Waals surface area contributed by atoms with Crippen molar-refractivity contribution in [2.24, 2.45) is 5.92 Å². The molecule has 0 spiro atoms.